The fraction of sp³-hybridized carbons (Fsp3) is 0.250. The van der Waals surface area contributed by atoms with Crippen LogP contribution in [0.5, 0.6) is 0 Å². The highest BCUT2D eigenvalue weighted by atomic mass is 32.2. The first-order chi connectivity index (χ1) is 9.24. The standard InChI is InChI=1S/C12H14N4OS2/c1-2-9-14-12(19-16-9)18-10(11(17)15-13)8-6-4-3-5-7-8/h3-7,10H,2,13H2,1H3,(H,15,17). The lowest BCUT2D eigenvalue weighted by Crippen LogP contribution is -2.33. The Labute approximate surface area is 119 Å². The summed E-state index contributed by atoms with van der Waals surface area (Å²) in [5.74, 6) is 5.80. The molecule has 7 heteroatoms. The van der Waals surface area contributed by atoms with E-state index in [4.69, 9.17) is 5.84 Å². The van der Waals surface area contributed by atoms with Crippen LogP contribution in [-0.4, -0.2) is 15.3 Å². The van der Waals surface area contributed by atoms with Crippen LogP contribution in [0.4, 0.5) is 0 Å². The van der Waals surface area contributed by atoms with Crippen LogP contribution in [0.2, 0.25) is 0 Å². The van der Waals surface area contributed by atoms with Crippen molar-refractivity contribution in [1.82, 2.24) is 14.8 Å². The van der Waals surface area contributed by atoms with Crippen molar-refractivity contribution in [2.45, 2.75) is 22.9 Å². The number of hydrazine groups is 1. The molecule has 0 aliphatic rings. The summed E-state index contributed by atoms with van der Waals surface area (Å²) in [5.41, 5.74) is 3.09. The molecule has 100 valence electrons. The third-order valence-electron chi connectivity index (χ3n) is 2.47. The molecular weight excluding hydrogens is 280 g/mol. The maximum atomic E-state index is 11.9. The van der Waals surface area contributed by atoms with Crippen molar-refractivity contribution in [3.8, 4) is 0 Å². The van der Waals surface area contributed by atoms with E-state index in [1.54, 1.807) is 0 Å². The molecule has 1 atom stereocenters. The van der Waals surface area contributed by atoms with Gasteiger partial charge in [0, 0.05) is 6.42 Å². The first kappa shape index (κ1) is 14.0. The summed E-state index contributed by atoms with van der Waals surface area (Å²) in [6.45, 7) is 2.00. The number of nitrogens with two attached hydrogens (primary N) is 1. The molecule has 19 heavy (non-hydrogen) atoms. The van der Waals surface area contributed by atoms with Crippen molar-refractivity contribution >= 4 is 29.2 Å². The summed E-state index contributed by atoms with van der Waals surface area (Å²) in [5, 5.41) is -0.413. The van der Waals surface area contributed by atoms with Crippen molar-refractivity contribution in [2.75, 3.05) is 0 Å². The zero-order chi connectivity index (χ0) is 13.7. The van der Waals surface area contributed by atoms with E-state index in [0.717, 1.165) is 22.1 Å². The van der Waals surface area contributed by atoms with Crippen molar-refractivity contribution < 1.29 is 4.79 Å². The fourth-order valence-corrected chi connectivity index (χ4v) is 3.41. The summed E-state index contributed by atoms with van der Waals surface area (Å²) in [7, 11) is 0. The monoisotopic (exact) mass is 294 g/mol. The molecule has 1 aromatic heterocycles. The van der Waals surface area contributed by atoms with Gasteiger partial charge >= 0.3 is 0 Å². The Balaban J connectivity index is 2.21. The summed E-state index contributed by atoms with van der Waals surface area (Å²) in [6.07, 6.45) is 0.788. The van der Waals surface area contributed by atoms with Gasteiger partial charge in [0.15, 0.2) is 4.34 Å². The predicted molar refractivity (Wildman–Crippen MR) is 76.7 cm³/mol. The topological polar surface area (TPSA) is 80.9 Å². The van der Waals surface area contributed by atoms with Gasteiger partial charge in [-0.05, 0) is 17.1 Å². The van der Waals surface area contributed by atoms with Gasteiger partial charge in [-0.1, -0.05) is 49.0 Å². The third kappa shape index (κ3) is 3.52. The van der Waals surface area contributed by atoms with Gasteiger partial charge in [-0.2, -0.15) is 4.37 Å². The Morgan fingerprint density at radius 1 is 1.47 bits per heavy atom. The van der Waals surface area contributed by atoms with Gasteiger partial charge in [-0.25, -0.2) is 10.8 Å². The van der Waals surface area contributed by atoms with Crippen molar-refractivity contribution in [1.29, 1.82) is 0 Å². The van der Waals surface area contributed by atoms with Crippen LogP contribution in [0.25, 0.3) is 0 Å². The minimum Gasteiger partial charge on any atom is -0.293 e. The Morgan fingerprint density at radius 3 is 2.79 bits per heavy atom. The van der Waals surface area contributed by atoms with E-state index in [2.05, 4.69) is 14.8 Å². The number of hydrogen-bond acceptors (Lipinski definition) is 6. The molecule has 2 aromatic rings. The molecule has 1 aromatic carbocycles. The van der Waals surface area contributed by atoms with E-state index in [9.17, 15) is 4.79 Å². The summed E-state index contributed by atoms with van der Waals surface area (Å²) < 4.78 is 4.99. The normalized spacial score (nSPS) is 12.1. The SMILES string of the molecule is CCc1nsc(SC(C(=O)NN)c2ccccc2)n1. The van der Waals surface area contributed by atoms with Crippen LogP contribution in [0.15, 0.2) is 34.7 Å². The Morgan fingerprint density at radius 2 is 2.21 bits per heavy atom. The van der Waals surface area contributed by atoms with Crippen LogP contribution < -0.4 is 11.3 Å². The summed E-state index contributed by atoms with van der Waals surface area (Å²) in [6, 6.07) is 9.49. The smallest absolute Gasteiger partial charge is 0.251 e. The number of rotatable bonds is 5. The highest BCUT2D eigenvalue weighted by Crippen LogP contribution is 2.36. The average molecular weight is 294 g/mol. The minimum atomic E-state index is -0.413. The maximum absolute atomic E-state index is 11.9. The maximum Gasteiger partial charge on any atom is 0.251 e. The second-order valence-electron chi connectivity index (χ2n) is 3.75. The Bertz CT molecular complexity index is 544. The highest BCUT2D eigenvalue weighted by molar-refractivity contribution is 8.01. The van der Waals surface area contributed by atoms with Crippen LogP contribution in [0.3, 0.4) is 0 Å². The van der Waals surface area contributed by atoms with E-state index in [1.165, 1.54) is 23.3 Å². The molecule has 0 spiro atoms. The van der Waals surface area contributed by atoms with Gasteiger partial charge in [0.25, 0.3) is 5.91 Å². The average Bonchev–Trinajstić information content (AvgIpc) is 2.92. The zero-order valence-electron chi connectivity index (χ0n) is 10.4. The molecule has 1 amide bonds. The van der Waals surface area contributed by atoms with Gasteiger partial charge in [0.1, 0.15) is 11.1 Å². The molecule has 5 nitrogen and oxygen atoms in total. The number of carbonyl (C=O) groups excluding carboxylic acids is 1. The van der Waals surface area contributed by atoms with Crippen molar-refractivity contribution in [3.05, 3.63) is 41.7 Å². The van der Waals surface area contributed by atoms with Crippen LogP contribution in [0.1, 0.15) is 23.6 Å². The second kappa shape index (κ2) is 6.65. The molecule has 0 aliphatic heterocycles. The minimum absolute atomic E-state index is 0.246. The molecule has 0 fully saturated rings. The second-order valence-corrected chi connectivity index (χ2v) is 5.85. The molecule has 0 aliphatic carbocycles. The Kier molecular flexibility index (Phi) is 4.89. The molecule has 0 bridgehead atoms. The predicted octanol–water partition coefficient (Wildman–Crippen LogP) is 1.92. The number of nitrogens with zero attached hydrogens (tertiary/aromatic N) is 2. The molecule has 0 saturated carbocycles. The summed E-state index contributed by atoms with van der Waals surface area (Å²) >= 11 is 2.67. The molecular formula is C12H14N4OS2. The lowest BCUT2D eigenvalue weighted by Gasteiger charge is -2.13. The molecule has 1 heterocycles. The number of aryl methyl sites for hydroxylation is 1. The largest absolute Gasteiger partial charge is 0.293 e. The van der Waals surface area contributed by atoms with E-state index in [0.29, 0.717) is 0 Å². The number of thioether (sulfide) groups is 1. The van der Waals surface area contributed by atoms with Gasteiger partial charge in [-0.15, -0.1) is 0 Å². The lowest BCUT2D eigenvalue weighted by molar-refractivity contribution is -0.120. The number of aromatic nitrogens is 2. The Hall–Kier alpha value is -1.44. The number of hydrogen-bond donors (Lipinski definition) is 2. The van der Waals surface area contributed by atoms with Gasteiger partial charge in [-0.3, -0.25) is 10.2 Å². The molecule has 2 rings (SSSR count). The molecule has 0 radical (unpaired) electrons. The van der Waals surface area contributed by atoms with Crippen molar-refractivity contribution in [3.63, 3.8) is 0 Å². The number of amides is 1. The van der Waals surface area contributed by atoms with E-state index in [-0.39, 0.29) is 5.91 Å². The van der Waals surface area contributed by atoms with E-state index >= 15 is 0 Å². The van der Waals surface area contributed by atoms with Crippen LogP contribution >= 0.6 is 23.3 Å². The van der Waals surface area contributed by atoms with Crippen LogP contribution in [-0.2, 0) is 11.2 Å². The van der Waals surface area contributed by atoms with Gasteiger partial charge < -0.3 is 0 Å². The first-order valence-electron chi connectivity index (χ1n) is 5.79. The number of carbonyl (C=O) groups is 1. The zero-order valence-corrected chi connectivity index (χ0v) is 12.0. The van der Waals surface area contributed by atoms with E-state index in [1.807, 2.05) is 37.3 Å². The molecule has 3 N–H and O–H groups in total. The van der Waals surface area contributed by atoms with Crippen LogP contribution in [0, 0.1) is 0 Å². The molecule has 1 unspecified atom stereocenters. The fourth-order valence-electron chi connectivity index (χ4n) is 1.51. The number of benzene rings is 1. The summed E-state index contributed by atoms with van der Waals surface area (Å²) in [4.78, 5) is 16.3. The quantitative estimate of drug-likeness (QED) is 0.381. The third-order valence-corrected chi connectivity index (χ3v) is 4.54. The lowest BCUT2D eigenvalue weighted by atomic mass is 10.1. The van der Waals surface area contributed by atoms with E-state index < -0.39 is 5.25 Å². The highest BCUT2D eigenvalue weighted by Gasteiger charge is 2.22. The molecule has 0 saturated heterocycles. The number of nitrogens with one attached hydrogen (secondary N) is 1. The first-order valence-corrected chi connectivity index (χ1v) is 7.44. The van der Waals surface area contributed by atoms with Crippen molar-refractivity contribution in [2.24, 2.45) is 5.84 Å². The van der Waals surface area contributed by atoms with Gasteiger partial charge in [0.05, 0.1) is 0 Å². The van der Waals surface area contributed by atoms with Gasteiger partial charge in [0.2, 0.25) is 0 Å².